The van der Waals surface area contributed by atoms with Crippen molar-refractivity contribution in [1.29, 1.82) is 0 Å². The fourth-order valence-corrected chi connectivity index (χ4v) is 2.88. The summed E-state index contributed by atoms with van der Waals surface area (Å²) < 4.78 is 5.92. The summed E-state index contributed by atoms with van der Waals surface area (Å²) in [6.07, 6.45) is -0.311. The van der Waals surface area contributed by atoms with Gasteiger partial charge in [-0.2, -0.15) is 0 Å². The van der Waals surface area contributed by atoms with Gasteiger partial charge in [-0.25, -0.2) is 0 Å². The molecular weight excluding hydrogens is 283 g/mol. The fraction of sp³-hybridized carbons (Fsp3) is 0.200. The van der Waals surface area contributed by atoms with Gasteiger partial charge in [0.15, 0.2) is 0 Å². The van der Waals surface area contributed by atoms with Crippen LogP contribution in [0.5, 0.6) is 5.75 Å². The van der Waals surface area contributed by atoms with Gasteiger partial charge in [0, 0.05) is 27.6 Å². The first-order valence-corrected chi connectivity index (χ1v) is 6.79. The van der Waals surface area contributed by atoms with Crippen LogP contribution in [0.25, 0.3) is 0 Å². The van der Waals surface area contributed by atoms with E-state index in [1.165, 1.54) is 0 Å². The molecule has 4 heteroatoms. The van der Waals surface area contributed by atoms with Crippen LogP contribution < -0.4 is 4.74 Å². The third-order valence-electron chi connectivity index (χ3n) is 3.29. The Labute approximate surface area is 121 Å². The lowest BCUT2D eigenvalue weighted by Crippen LogP contribution is -2.19. The van der Waals surface area contributed by atoms with Crippen molar-refractivity contribution in [2.75, 3.05) is 0 Å². The number of aliphatic hydroxyl groups excluding tert-OH is 1. The molecule has 0 spiro atoms. The minimum atomic E-state index is -0.540. The molecule has 1 aliphatic heterocycles. The van der Waals surface area contributed by atoms with Crippen molar-refractivity contribution in [3.63, 3.8) is 0 Å². The lowest BCUT2D eigenvalue weighted by atomic mass is 9.95. The Bertz CT molecular complexity index is 613. The minimum absolute atomic E-state index is 0.255. The van der Waals surface area contributed by atoms with E-state index in [1.807, 2.05) is 30.3 Å². The molecule has 0 fully saturated rings. The van der Waals surface area contributed by atoms with Gasteiger partial charge in [-0.15, -0.1) is 0 Å². The van der Waals surface area contributed by atoms with Gasteiger partial charge in [0.25, 0.3) is 0 Å². The zero-order valence-electron chi connectivity index (χ0n) is 10.0. The van der Waals surface area contributed by atoms with Crippen molar-refractivity contribution in [3.05, 3.63) is 63.6 Å². The topological polar surface area (TPSA) is 29.5 Å². The zero-order valence-corrected chi connectivity index (χ0v) is 11.5. The van der Waals surface area contributed by atoms with Crippen LogP contribution in [0.15, 0.2) is 42.5 Å². The maximum atomic E-state index is 10.2. The molecule has 0 amide bonds. The number of rotatable bonds is 1. The predicted molar refractivity (Wildman–Crippen MR) is 75.8 cm³/mol. The van der Waals surface area contributed by atoms with Crippen molar-refractivity contribution >= 4 is 23.2 Å². The maximum Gasteiger partial charge on any atom is 0.128 e. The number of fused-ring (bicyclic) bond motifs is 1. The highest BCUT2D eigenvalue weighted by molar-refractivity contribution is 6.35. The number of hydrogen-bond acceptors (Lipinski definition) is 2. The molecule has 0 saturated carbocycles. The monoisotopic (exact) mass is 294 g/mol. The van der Waals surface area contributed by atoms with Crippen molar-refractivity contribution in [2.45, 2.75) is 18.6 Å². The first-order chi connectivity index (χ1) is 9.15. The van der Waals surface area contributed by atoms with E-state index < -0.39 is 6.10 Å². The second-order valence-corrected chi connectivity index (χ2v) is 5.41. The molecule has 1 unspecified atom stereocenters. The standard InChI is InChI=1S/C15H12Cl2O2/c16-9-5-6-10(12(17)7-9)15-8-13(18)11-3-1-2-4-14(11)19-15/h1-7,13,15,18H,8H2/t13-,15?/m1/s1. The Kier molecular flexibility index (Phi) is 3.40. The molecule has 2 atom stereocenters. The van der Waals surface area contributed by atoms with Crippen LogP contribution in [0, 0.1) is 0 Å². The van der Waals surface area contributed by atoms with Crippen LogP contribution in [-0.4, -0.2) is 5.11 Å². The second-order valence-electron chi connectivity index (χ2n) is 4.56. The molecule has 1 N–H and O–H groups in total. The van der Waals surface area contributed by atoms with Crippen LogP contribution in [-0.2, 0) is 0 Å². The van der Waals surface area contributed by atoms with Crippen LogP contribution in [0.2, 0.25) is 10.0 Å². The van der Waals surface area contributed by atoms with Crippen LogP contribution in [0.4, 0.5) is 0 Å². The molecule has 1 aliphatic rings. The van der Waals surface area contributed by atoms with Gasteiger partial charge >= 0.3 is 0 Å². The van der Waals surface area contributed by atoms with Gasteiger partial charge in [-0.3, -0.25) is 0 Å². The molecule has 98 valence electrons. The smallest absolute Gasteiger partial charge is 0.128 e. The summed E-state index contributed by atoms with van der Waals surface area (Å²) in [5, 5.41) is 11.3. The number of aliphatic hydroxyl groups is 1. The van der Waals surface area contributed by atoms with E-state index in [0.717, 1.165) is 11.1 Å². The highest BCUT2D eigenvalue weighted by atomic mass is 35.5. The van der Waals surface area contributed by atoms with E-state index in [1.54, 1.807) is 12.1 Å². The lowest BCUT2D eigenvalue weighted by molar-refractivity contribution is 0.0658. The Hall–Kier alpha value is -1.22. The summed E-state index contributed by atoms with van der Waals surface area (Å²) in [5.41, 5.74) is 1.67. The van der Waals surface area contributed by atoms with Crippen LogP contribution >= 0.6 is 23.2 Å². The molecule has 0 aromatic heterocycles. The molecule has 0 bridgehead atoms. The largest absolute Gasteiger partial charge is 0.485 e. The first-order valence-electron chi connectivity index (χ1n) is 6.04. The number of hydrogen-bond donors (Lipinski definition) is 1. The first kappa shape index (κ1) is 12.8. The number of halogens is 2. The van der Waals surface area contributed by atoms with Crippen molar-refractivity contribution in [1.82, 2.24) is 0 Å². The molecule has 0 saturated heterocycles. The van der Waals surface area contributed by atoms with E-state index in [9.17, 15) is 5.11 Å². The molecule has 2 aromatic rings. The third kappa shape index (κ3) is 2.44. The second kappa shape index (κ2) is 5.04. The van der Waals surface area contributed by atoms with E-state index >= 15 is 0 Å². The average molecular weight is 295 g/mol. The van der Waals surface area contributed by atoms with Gasteiger partial charge in [0.05, 0.1) is 6.10 Å². The average Bonchev–Trinajstić information content (AvgIpc) is 2.38. The summed E-state index contributed by atoms with van der Waals surface area (Å²) in [5.74, 6) is 0.706. The summed E-state index contributed by atoms with van der Waals surface area (Å²) in [4.78, 5) is 0. The van der Waals surface area contributed by atoms with E-state index in [-0.39, 0.29) is 6.10 Å². The number of benzene rings is 2. The number of para-hydroxylation sites is 1. The van der Waals surface area contributed by atoms with E-state index in [0.29, 0.717) is 22.2 Å². The Morgan fingerprint density at radius 3 is 2.63 bits per heavy atom. The van der Waals surface area contributed by atoms with Gasteiger partial charge in [-0.1, -0.05) is 47.5 Å². The van der Waals surface area contributed by atoms with Gasteiger partial charge in [0.1, 0.15) is 11.9 Å². The summed E-state index contributed by atoms with van der Waals surface area (Å²) >= 11 is 12.1. The number of ether oxygens (including phenoxy) is 1. The minimum Gasteiger partial charge on any atom is -0.485 e. The van der Waals surface area contributed by atoms with E-state index in [4.69, 9.17) is 27.9 Å². The lowest BCUT2D eigenvalue weighted by Gasteiger charge is -2.30. The molecule has 1 heterocycles. The third-order valence-corrected chi connectivity index (χ3v) is 3.86. The molecular formula is C15H12Cl2O2. The normalized spacial score (nSPS) is 21.6. The quantitative estimate of drug-likeness (QED) is 0.836. The summed E-state index contributed by atoms with van der Waals surface area (Å²) in [7, 11) is 0. The Balaban J connectivity index is 1.97. The highest BCUT2D eigenvalue weighted by Crippen LogP contribution is 2.42. The van der Waals surface area contributed by atoms with Crippen molar-refractivity contribution in [2.24, 2.45) is 0 Å². The zero-order chi connectivity index (χ0) is 13.4. The Morgan fingerprint density at radius 2 is 1.84 bits per heavy atom. The van der Waals surface area contributed by atoms with Gasteiger partial charge < -0.3 is 9.84 Å². The van der Waals surface area contributed by atoms with Crippen molar-refractivity contribution in [3.8, 4) is 5.75 Å². The van der Waals surface area contributed by atoms with E-state index in [2.05, 4.69) is 0 Å². The van der Waals surface area contributed by atoms with Gasteiger partial charge in [0.2, 0.25) is 0 Å². The molecule has 2 aromatic carbocycles. The molecule has 0 aliphatic carbocycles. The van der Waals surface area contributed by atoms with Gasteiger partial charge in [-0.05, 0) is 18.2 Å². The maximum absolute atomic E-state index is 10.2. The molecule has 19 heavy (non-hydrogen) atoms. The Morgan fingerprint density at radius 1 is 1.05 bits per heavy atom. The summed E-state index contributed by atoms with van der Waals surface area (Å²) in [6, 6.07) is 12.8. The SMILES string of the molecule is O[C@@H]1CC(c2ccc(Cl)cc2Cl)Oc2ccccc21. The molecule has 3 rings (SSSR count). The van der Waals surface area contributed by atoms with Crippen LogP contribution in [0.3, 0.4) is 0 Å². The fourth-order valence-electron chi connectivity index (χ4n) is 2.35. The summed E-state index contributed by atoms with van der Waals surface area (Å²) in [6.45, 7) is 0. The van der Waals surface area contributed by atoms with Crippen molar-refractivity contribution < 1.29 is 9.84 Å². The predicted octanol–water partition coefficient (Wildman–Crippen LogP) is 4.55. The highest BCUT2D eigenvalue weighted by Gasteiger charge is 2.28. The molecule has 0 radical (unpaired) electrons. The van der Waals surface area contributed by atoms with Crippen LogP contribution in [0.1, 0.15) is 29.8 Å². The molecule has 2 nitrogen and oxygen atoms in total.